The van der Waals surface area contributed by atoms with Crippen LogP contribution in [0.25, 0.3) is 0 Å². The molecule has 0 radical (unpaired) electrons. The second-order valence-electron chi connectivity index (χ2n) is 4.54. The molecule has 0 bridgehead atoms. The van der Waals surface area contributed by atoms with E-state index >= 15 is 0 Å². The van der Waals surface area contributed by atoms with E-state index < -0.39 is 11.9 Å². The van der Waals surface area contributed by atoms with E-state index in [0.717, 1.165) is 0 Å². The quantitative estimate of drug-likeness (QED) is 0.386. The van der Waals surface area contributed by atoms with Crippen LogP contribution >= 0.6 is 0 Å². The Bertz CT molecular complexity index is 286. The van der Waals surface area contributed by atoms with Gasteiger partial charge < -0.3 is 9.47 Å². The molecular weight excluding hydrogens is 256 g/mol. The zero-order valence-corrected chi connectivity index (χ0v) is 13.3. The van der Waals surface area contributed by atoms with Gasteiger partial charge in [-0.3, -0.25) is 0 Å². The van der Waals surface area contributed by atoms with Crippen molar-refractivity contribution in [1.29, 1.82) is 0 Å². The van der Waals surface area contributed by atoms with Crippen molar-refractivity contribution >= 4 is 11.9 Å². The second-order valence-corrected chi connectivity index (χ2v) is 4.54. The molecule has 0 aliphatic carbocycles. The maximum atomic E-state index is 10.8. The Balaban J connectivity index is 0. The van der Waals surface area contributed by atoms with Crippen LogP contribution in [0.15, 0.2) is 24.3 Å². The van der Waals surface area contributed by atoms with E-state index in [-0.39, 0.29) is 13.2 Å². The van der Waals surface area contributed by atoms with Crippen molar-refractivity contribution in [2.75, 3.05) is 13.2 Å². The van der Waals surface area contributed by atoms with Crippen molar-refractivity contribution in [3.63, 3.8) is 0 Å². The summed E-state index contributed by atoms with van der Waals surface area (Å²) in [6.45, 7) is 14.4. The third kappa shape index (κ3) is 14.5. The normalized spacial score (nSPS) is 9.00. The van der Waals surface area contributed by atoms with Gasteiger partial charge in [0.2, 0.25) is 0 Å². The molecule has 0 fully saturated rings. The first-order valence-corrected chi connectivity index (χ1v) is 7.02. The molecule has 0 saturated heterocycles. The zero-order chi connectivity index (χ0) is 16.0. The van der Waals surface area contributed by atoms with Gasteiger partial charge in [0.15, 0.2) is 0 Å². The van der Waals surface area contributed by atoms with Gasteiger partial charge in [-0.05, 0) is 13.8 Å². The highest BCUT2D eigenvalue weighted by Gasteiger charge is 2.05. The van der Waals surface area contributed by atoms with Crippen molar-refractivity contribution in [1.82, 2.24) is 0 Å². The summed E-state index contributed by atoms with van der Waals surface area (Å²) in [5.41, 5.74) is 0.632. The van der Waals surface area contributed by atoms with Crippen LogP contribution in [-0.4, -0.2) is 25.2 Å². The minimum Gasteiger partial charge on any atom is -0.459 e. The lowest BCUT2D eigenvalue weighted by Gasteiger charge is -2.05. The van der Waals surface area contributed by atoms with Crippen LogP contribution < -0.4 is 0 Å². The van der Waals surface area contributed by atoms with Gasteiger partial charge >= 0.3 is 11.9 Å². The van der Waals surface area contributed by atoms with E-state index in [9.17, 15) is 9.59 Å². The lowest BCUT2D eigenvalue weighted by atomic mass is 10.2. The Morgan fingerprint density at radius 3 is 1.30 bits per heavy atom. The summed E-state index contributed by atoms with van der Waals surface area (Å²) in [5, 5.41) is 0. The molecule has 0 heterocycles. The summed E-state index contributed by atoms with van der Waals surface area (Å²) < 4.78 is 9.38. The number of esters is 2. The number of carbonyl (C=O) groups excluding carboxylic acids is 2. The molecule has 116 valence electrons. The van der Waals surface area contributed by atoms with Crippen LogP contribution in [0.3, 0.4) is 0 Å². The van der Waals surface area contributed by atoms with Gasteiger partial charge in [0.1, 0.15) is 13.2 Å². The summed E-state index contributed by atoms with van der Waals surface area (Å²) in [7, 11) is 0. The Labute approximate surface area is 122 Å². The number of unbranched alkanes of at least 4 members (excludes halogenated alkanes) is 3. The first kappa shape index (κ1) is 20.7. The van der Waals surface area contributed by atoms with E-state index in [1.54, 1.807) is 13.8 Å². The maximum absolute atomic E-state index is 10.8. The number of ether oxygens (including phenoxy) is 2. The van der Waals surface area contributed by atoms with Gasteiger partial charge in [0.25, 0.3) is 0 Å². The third-order valence-electron chi connectivity index (χ3n) is 2.20. The average molecular weight is 284 g/mol. The summed E-state index contributed by atoms with van der Waals surface area (Å²) in [4.78, 5) is 21.7. The van der Waals surface area contributed by atoms with E-state index in [2.05, 4.69) is 36.5 Å². The summed E-state index contributed by atoms with van der Waals surface area (Å²) >= 11 is 0. The standard InChI is InChI=1S/C10H14O4.C6H14/c1-7(2)9(11)13-5-6-14-10(12)8(3)4;1-3-5-6-4-2/h1,3,5-6H2,2,4H3;3-6H2,1-2H3. The molecule has 0 aromatic rings. The molecule has 0 aromatic carbocycles. The van der Waals surface area contributed by atoms with E-state index in [1.165, 1.54) is 25.7 Å². The zero-order valence-electron chi connectivity index (χ0n) is 13.3. The van der Waals surface area contributed by atoms with Gasteiger partial charge in [-0.15, -0.1) is 0 Å². The SMILES string of the molecule is C=C(C)C(=O)OCCOC(=O)C(=C)C.CCCCCC. The van der Waals surface area contributed by atoms with Crippen LogP contribution in [-0.2, 0) is 19.1 Å². The van der Waals surface area contributed by atoms with Crippen LogP contribution in [0.2, 0.25) is 0 Å². The Kier molecular flexibility index (Phi) is 14.3. The summed E-state index contributed by atoms with van der Waals surface area (Å²) in [5.74, 6) is -0.979. The molecule has 0 unspecified atom stereocenters. The molecule has 0 rings (SSSR count). The van der Waals surface area contributed by atoms with Crippen molar-refractivity contribution in [2.45, 2.75) is 53.4 Å². The van der Waals surface area contributed by atoms with Gasteiger partial charge in [-0.1, -0.05) is 52.7 Å². The average Bonchev–Trinajstić information content (AvgIpc) is 2.41. The Hall–Kier alpha value is -1.58. The monoisotopic (exact) mass is 284 g/mol. The van der Waals surface area contributed by atoms with Crippen molar-refractivity contribution in [2.24, 2.45) is 0 Å². The lowest BCUT2D eigenvalue weighted by molar-refractivity contribution is -0.147. The Morgan fingerprint density at radius 2 is 1.10 bits per heavy atom. The maximum Gasteiger partial charge on any atom is 0.333 e. The molecule has 0 N–H and O–H groups in total. The minimum atomic E-state index is -0.489. The van der Waals surface area contributed by atoms with Crippen molar-refractivity contribution in [3.8, 4) is 0 Å². The van der Waals surface area contributed by atoms with E-state index in [0.29, 0.717) is 11.1 Å². The smallest absolute Gasteiger partial charge is 0.333 e. The van der Waals surface area contributed by atoms with E-state index in [4.69, 9.17) is 0 Å². The fourth-order valence-corrected chi connectivity index (χ4v) is 1.02. The molecule has 0 atom stereocenters. The first-order chi connectivity index (χ1) is 9.36. The predicted octanol–water partition coefficient (Wildman–Crippen LogP) is 3.81. The van der Waals surface area contributed by atoms with Crippen LogP contribution in [0.4, 0.5) is 0 Å². The topological polar surface area (TPSA) is 52.6 Å². The number of hydrogen-bond acceptors (Lipinski definition) is 4. The molecular formula is C16H28O4. The van der Waals surface area contributed by atoms with Crippen molar-refractivity contribution in [3.05, 3.63) is 24.3 Å². The van der Waals surface area contributed by atoms with Gasteiger partial charge in [0.05, 0.1) is 0 Å². The summed E-state index contributed by atoms with van der Waals surface area (Å²) in [6.07, 6.45) is 5.54. The molecule has 0 saturated carbocycles. The molecule has 0 aliphatic heterocycles. The highest BCUT2D eigenvalue weighted by Crippen LogP contribution is 1.95. The summed E-state index contributed by atoms with van der Waals surface area (Å²) in [6, 6.07) is 0. The molecule has 0 aromatic heterocycles. The number of hydrogen-bond donors (Lipinski definition) is 0. The third-order valence-corrected chi connectivity index (χ3v) is 2.20. The molecule has 4 nitrogen and oxygen atoms in total. The molecule has 20 heavy (non-hydrogen) atoms. The fraction of sp³-hybridized carbons (Fsp3) is 0.625. The van der Waals surface area contributed by atoms with Crippen LogP contribution in [0.5, 0.6) is 0 Å². The molecule has 0 spiro atoms. The van der Waals surface area contributed by atoms with Gasteiger partial charge in [0, 0.05) is 11.1 Å². The van der Waals surface area contributed by atoms with Gasteiger partial charge in [-0.25, -0.2) is 9.59 Å². The largest absolute Gasteiger partial charge is 0.459 e. The van der Waals surface area contributed by atoms with Crippen molar-refractivity contribution < 1.29 is 19.1 Å². The highest BCUT2D eigenvalue weighted by atomic mass is 16.6. The fourth-order valence-electron chi connectivity index (χ4n) is 1.02. The van der Waals surface area contributed by atoms with Crippen LogP contribution in [0.1, 0.15) is 53.4 Å². The van der Waals surface area contributed by atoms with Gasteiger partial charge in [-0.2, -0.15) is 0 Å². The lowest BCUT2D eigenvalue weighted by Crippen LogP contribution is -2.14. The second kappa shape index (κ2) is 13.8. The molecule has 4 heteroatoms. The minimum absolute atomic E-state index is 0.0325. The number of rotatable bonds is 8. The Morgan fingerprint density at radius 1 is 0.800 bits per heavy atom. The molecule has 0 amide bonds. The van der Waals surface area contributed by atoms with E-state index in [1.807, 2.05) is 0 Å². The highest BCUT2D eigenvalue weighted by molar-refractivity contribution is 5.87. The molecule has 0 aliphatic rings. The first-order valence-electron chi connectivity index (χ1n) is 7.02. The predicted molar refractivity (Wildman–Crippen MR) is 81.4 cm³/mol. The number of carbonyl (C=O) groups is 2. The van der Waals surface area contributed by atoms with Crippen LogP contribution in [0, 0.1) is 0 Å².